The summed E-state index contributed by atoms with van der Waals surface area (Å²) in [5.41, 5.74) is 3.38. The van der Waals surface area contributed by atoms with E-state index in [0.717, 1.165) is 117 Å². The molecule has 12 nitrogen and oxygen atoms in total. The van der Waals surface area contributed by atoms with Gasteiger partial charge < -0.3 is 53.2 Å². The van der Waals surface area contributed by atoms with E-state index >= 15 is 0 Å². The van der Waals surface area contributed by atoms with Crippen LogP contribution in [-0.2, 0) is 0 Å². The number of hydrogen-bond acceptors (Lipinski definition) is 12. The Morgan fingerprint density at radius 3 is 0.783 bits per heavy atom. The molecule has 2 saturated heterocycles. The predicted molar refractivity (Wildman–Crippen MR) is 266 cm³/mol. The van der Waals surface area contributed by atoms with Crippen molar-refractivity contribution in [1.82, 2.24) is 53.2 Å². The molecular weight excluding hydrogens is 745 g/mol. The summed E-state index contributed by atoms with van der Waals surface area (Å²) in [6.07, 6.45) is 6.55. The third kappa shape index (κ3) is 30.1. The van der Waals surface area contributed by atoms with Crippen LogP contribution in [0.2, 0.25) is 0 Å². The number of nitrogens with zero attached hydrogens (tertiary/aromatic N) is 2. The summed E-state index contributed by atoms with van der Waals surface area (Å²) in [5.74, 6) is 0. The lowest BCUT2D eigenvalue weighted by molar-refractivity contribution is 0.284. The lowest BCUT2D eigenvalue weighted by atomic mass is 9.94. The molecule has 2 fully saturated rings. The second-order valence-electron chi connectivity index (χ2n) is 22.7. The summed E-state index contributed by atoms with van der Waals surface area (Å²) in [4.78, 5) is 9.35. The third-order valence-electron chi connectivity index (χ3n) is 11.7. The normalized spacial score (nSPS) is 30.6. The van der Waals surface area contributed by atoms with Gasteiger partial charge >= 0.3 is 0 Å². The maximum absolute atomic E-state index is 4.68. The maximum atomic E-state index is 4.68. The molecule has 3 aliphatic rings. The molecule has 0 saturated carbocycles. The average molecular weight is 849 g/mol. The highest BCUT2D eigenvalue weighted by Crippen LogP contribution is 2.16. The zero-order valence-corrected chi connectivity index (χ0v) is 42.9. The van der Waals surface area contributed by atoms with Crippen molar-refractivity contribution < 1.29 is 0 Å². The molecule has 60 heavy (non-hydrogen) atoms. The van der Waals surface area contributed by atoms with Crippen LogP contribution in [0.4, 0.5) is 0 Å². The highest BCUT2D eigenvalue weighted by Gasteiger charge is 2.25. The number of hydrogen-bond donors (Lipinski definition) is 10. The van der Waals surface area contributed by atoms with Crippen LogP contribution in [0.25, 0.3) is 0 Å². The first kappa shape index (κ1) is 57.0. The van der Waals surface area contributed by atoms with E-state index in [9.17, 15) is 0 Å². The molecular formula is C48H104N12. The van der Waals surface area contributed by atoms with E-state index in [1.54, 1.807) is 0 Å². The monoisotopic (exact) mass is 849 g/mol. The standard InChI is InChI=1S/2C16H36N4.C16H32N4/c3*1-13-11-15(3,4)19-10-8-18-14(2)12-16(5,6)20-9-7-17-13/h2*13-14,17-20H,7-12H2,1-6H3;19-20H,7-12H2,1-6H3/t13-,14+;13-,14-;/m.1./s1. The zero-order valence-electron chi connectivity index (χ0n) is 42.9. The predicted octanol–water partition coefficient (Wildman–Crippen LogP) is 5.38. The molecule has 0 aromatic carbocycles. The highest BCUT2D eigenvalue weighted by atomic mass is 15.1. The Morgan fingerprint density at radius 1 is 0.333 bits per heavy atom. The molecule has 10 N–H and O–H groups in total. The van der Waals surface area contributed by atoms with Crippen molar-refractivity contribution in [2.45, 2.75) is 221 Å². The quantitative estimate of drug-likeness (QED) is 0.154. The van der Waals surface area contributed by atoms with Gasteiger partial charge in [-0.3, -0.25) is 9.98 Å². The fraction of sp³-hybridized carbons (Fsp3) is 0.958. The average Bonchev–Trinajstić information content (AvgIpc) is 3.08. The lowest BCUT2D eigenvalue weighted by Gasteiger charge is -2.33. The number of nitrogens with one attached hydrogen (secondary N) is 10. The summed E-state index contributed by atoms with van der Waals surface area (Å²) >= 11 is 0. The Kier molecular flexibility index (Phi) is 25.9. The van der Waals surface area contributed by atoms with Gasteiger partial charge in [0, 0.05) is 147 Å². The Balaban J connectivity index is 0.000000450. The Labute approximate surface area is 372 Å². The summed E-state index contributed by atoms with van der Waals surface area (Å²) in [5, 5.41) is 36.3. The van der Waals surface area contributed by atoms with Crippen LogP contribution in [0.5, 0.6) is 0 Å². The van der Waals surface area contributed by atoms with Crippen molar-refractivity contribution in [2.75, 3.05) is 78.5 Å². The molecule has 3 aliphatic heterocycles. The van der Waals surface area contributed by atoms with Crippen molar-refractivity contribution in [3.63, 3.8) is 0 Å². The van der Waals surface area contributed by atoms with Gasteiger partial charge in [-0.1, -0.05) is 0 Å². The van der Waals surface area contributed by atoms with Crippen LogP contribution in [0.3, 0.4) is 0 Å². The molecule has 0 amide bonds. The van der Waals surface area contributed by atoms with Crippen molar-refractivity contribution in [3.8, 4) is 0 Å². The summed E-state index contributed by atoms with van der Waals surface area (Å²) in [6.45, 7) is 52.4. The van der Waals surface area contributed by atoms with Crippen molar-refractivity contribution in [2.24, 2.45) is 9.98 Å². The van der Waals surface area contributed by atoms with Gasteiger partial charge in [0.15, 0.2) is 0 Å². The summed E-state index contributed by atoms with van der Waals surface area (Å²) in [6, 6.07) is 2.16. The molecule has 0 aliphatic carbocycles. The molecule has 356 valence electrons. The minimum atomic E-state index is 0.0911. The van der Waals surface area contributed by atoms with Crippen LogP contribution in [0.1, 0.15) is 163 Å². The molecule has 0 bridgehead atoms. The Bertz CT molecular complexity index is 1060. The molecule has 4 atom stereocenters. The van der Waals surface area contributed by atoms with Crippen LogP contribution in [0, 0.1) is 0 Å². The molecule has 0 spiro atoms. The Morgan fingerprint density at radius 2 is 0.550 bits per heavy atom. The first-order valence-corrected chi connectivity index (χ1v) is 24.0. The van der Waals surface area contributed by atoms with E-state index in [1.165, 1.54) is 11.4 Å². The first-order chi connectivity index (χ1) is 27.6. The minimum Gasteiger partial charge on any atom is -0.313 e. The van der Waals surface area contributed by atoms with Gasteiger partial charge in [-0.2, -0.15) is 0 Å². The molecule has 3 heterocycles. The molecule has 0 aromatic rings. The topological polar surface area (TPSA) is 145 Å². The van der Waals surface area contributed by atoms with Gasteiger partial charge in [0.25, 0.3) is 0 Å². The molecule has 0 radical (unpaired) electrons. The van der Waals surface area contributed by atoms with Crippen molar-refractivity contribution in [3.05, 3.63) is 0 Å². The van der Waals surface area contributed by atoms with E-state index in [1.807, 2.05) is 0 Å². The van der Waals surface area contributed by atoms with Crippen LogP contribution < -0.4 is 53.2 Å². The second-order valence-corrected chi connectivity index (χ2v) is 22.7. The highest BCUT2D eigenvalue weighted by molar-refractivity contribution is 5.83. The maximum Gasteiger partial charge on any atom is 0.0513 e. The molecule has 12 heteroatoms. The summed E-state index contributed by atoms with van der Waals surface area (Å²) in [7, 11) is 0. The van der Waals surface area contributed by atoms with Gasteiger partial charge in [-0.05, 0) is 150 Å². The van der Waals surface area contributed by atoms with Gasteiger partial charge in [0.1, 0.15) is 0 Å². The van der Waals surface area contributed by atoms with Crippen LogP contribution in [-0.4, -0.2) is 147 Å². The lowest BCUT2D eigenvalue weighted by Crippen LogP contribution is -2.51. The number of rotatable bonds is 0. The van der Waals surface area contributed by atoms with E-state index in [-0.39, 0.29) is 33.2 Å². The second kappa shape index (κ2) is 27.3. The van der Waals surface area contributed by atoms with Crippen LogP contribution in [0.15, 0.2) is 9.98 Å². The SMILES string of the molecule is CC1=NCCNC(C)(C)CC(C)=NCCNC(C)(C)C1.C[C@@H]1CC(C)(C)NCCN[C@@H](C)CC(C)(C)NCCN1.C[C@@H]1CC(C)(C)NCCN[C@H](C)CC(C)(C)NCCN1. The van der Waals surface area contributed by atoms with E-state index in [4.69, 9.17) is 0 Å². The molecule has 3 rings (SSSR count). The van der Waals surface area contributed by atoms with Crippen LogP contribution >= 0.6 is 0 Å². The van der Waals surface area contributed by atoms with Crippen molar-refractivity contribution >= 4 is 11.4 Å². The molecule has 0 aromatic heterocycles. The summed E-state index contributed by atoms with van der Waals surface area (Å²) < 4.78 is 0. The van der Waals surface area contributed by atoms with E-state index < -0.39 is 0 Å². The fourth-order valence-electron chi connectivity index (χ4n) is 9.32. The Hall–Kier alpha value is -1.06. The van der Waals surface area contributed by atoms with Gasteiger partial charge in [0.2, 0.25) is 0 Å². The first-order valence-electron chi connectivity index (χ1n) is 24.0. The van der Waals surface area contributed by atoms with E-state index in [2.05, 4.69) is 188 Å². The molecule has 0 unspecified atom stereocenters. The largest absolute Gasteiger partial charge is 0.313 e. The van der Waals surface area contributed by atoms with Crippen molar-refractivity contribution in [1.29, 1.82) is 0 Å². The number of aliphatic imine (C=N–C) groups is 2. The van der Waals surface area contributed by atoms with Gasteiger partial charge in [-0.15, -0.1) is 0 Å². The van der Waals surface area contributed by atoms with Gasteiger partial charge in [0.05, 0.1) is 13.1 Å². The smallest absolute Gasteiger partial charge is 0.0513 e. The fourth-order valence-corrected chi connectivity index (χ4v) is 9.32. The van der Waals surface area contributed by atoms with Gasteiger partial charge in [-0.25, -0.2) is 0 Å². The minimum absolute atomic E-state index is 0.0911. The van der Waals surface area contributed by atoms with E-state index in [0.29, 0.717) is 24.2 Å². The third-order valence-corrected chi connectivity index (χ3v) is 11.7. The zero-order chi connectivity index (χ0) is 45.7.